The maximum absolute atomic E-state index is 13.9. The van der Waals surface area contributed by atoms with Crippen LogP contribution >= 0.6 is 0 Å². The topological polar surface area (TPSA) is 121 Å². The number of hydrogen-bond donors (Lipinski definition) is 3. The van der Waals surface area contributed by atoms with Crippen molar-refractivity contribution in [2.45, 2.75) is 20.3 Å². The largest absolute Gasteiger partial charge is 0.324 e. The third-order valence-corrected chi connectivity index (χ3v) is 4.94. The SMILES string of the molecule is Cc1nc2cc(=O)[nH]n2c(C)c1CC(=O)Nc1cc(F)ccc1NC(=O)c1ccccn1. The lowest BCUT2D eigenvalue weighted by atomic mass is 10.1. The van der Waals surface area contributed by atoms with Gasteiger partial charge in [0.2, 0.25) is 5.91 Å². The number of halogens is 1. The van der Waals surface area contributed by atoms with Crippen LogP contribution in [0.25, 0.3) is 5.65 Å². The minimum atomic E-state index is -0.573. The maximum atomic E-state index is 13.9. The molecule has 4 aromatic rings. The molecule has 0 spiro atoms. The fraction of sp³-hybridized carbons (Fsp3) is 0.136. The van der Waals surface area contributed by atoms with Crippen molar-refractivity contribution in [2.24, 2.45) is 0 Å². The van der Waals surface area contributed by atoms with Gasteiger partial charge in [0, 0.05) is 29.2 Å². The predicted molar refractivity (Wildman–Crippen MR) is 116 cm³/mol. The van der Waals surface area contributed by atoms with Gasteiger partial charge in [0.25, 0.3) is 11.5 Å². The molecule has 0 aliphatic rings. The van der Waals surface area contributed by atoms with E-state index in [2.05, 4.69) is 25.7 Å². The summed E-state index contributed by atoms with van der Waals surface area (Å²) in [5, 5.41) is 7.91. The number of hydrogen-bond acceptors (Lipinski definition) is 5. The van der Waals surface area contributed by atoms with Gasteiger partial charge in [-0.2, -0.15) is 0 Å². The molecule has 162 valence electrons. The number of aryl methyl sites for hydroxylation is 2. The van der Waals surface area contributed by atoms with Gasteiger partial charge in [-0.05, 0) is 44.2 Å². The van der Waals surface area contributed by atoms with Gasteiger partial charge in [-0.25, -0.2) is 13.9 Å². The van der Waals surface area contributed by atoms with E-state index in [4.69, 9.17) is 0 Å². The highest BCUT2D eigenvalue weighted by Gasteiger charge is 2.17. The summed E-state index contributed by atoms with van der Waals surface area (Å²) in [5.41, 5.74) is 2.56. The van der Waals surface area contributed by atoms with E-state index in [1.807, 2.05) is 0 Å². The number of nitrogens with one attached hydrogen (secondary N) is 3. The fourth-order valence-corrected chi connectivity index (χ4v) is 3.38. The van der Waals surface area contributed by atoms with E-state index < -0.39 is 17.6 Å². The summed E-state index contributed by atoms with van der Waals surface area (Å²) in [5.74, 6) is -1.51. The van der Waals surface area contributed by atoms with Crippen molar-refractivity contribution in [3.63, 3.8) is 0 Å². The molecule has 0 aliphatic heterocycles. The molecule has 32 heavy (non-hydrogen) atoms. The number of aromatic nitrogens is 4. The molecule has 0 bridgehead atoms. The second kappa shape index (κ2) is 8.42. The number of amides is 2. The van der Waals surface area contributed by atoms with Crippen LogP contribution in [0.1, 0.15) is 27.4 Å². The summed E-state index contributed by atoms with van der Waals surface area (Å²) in [7, 11) is 0. The molecule has 10 heteroatoms. The number of fused-ring (bicyclic) bond motifs is 1. The summed E-state index contributed by atoms with van der Waals surface area (Å²) < 4.78 is 15.4. The van der Waals surface area contributed by atoms with Gasteiger partial charge in [-0.1, -0.05) is 6.07 Å². The highest BCUT2D eigenvalue weighted by atomic mass is 19.1. The lowest BCUT2D eigenvalue weighted by Crippen LogP contribution is -2.20. The number of anilines is 2. The van der Waals surface area contributed by atoms with Crippen molar-refractivity contribution in [1.82, 2.24) is 19.6 Å². The van der Waals surface area contributed by atoms with E-state index in [0.717, 1.165) is 6.07 Å². The summed E-state index contributed by atoms with van der Waals surface area (Å²) in [6, 6.07) is 9.92. The Balaban J connectivity index is 1.57. The number of pyridine rings is 1. The van der Waals surface area contributed by atoms with Crippen molar-refractivity contribution in [2.75, 3.05) is 10.6 Å². The van der Waals surface area contributed by atoms with Crippen LogP contribution < -0.4 is 16.2 Å². The molecule has 0 saturated carbocycles. The summed E-state index contributed by atoms with van der Waals surface area (Å²) in [6.45, 7) is 3.51. The van der Waals surface area contributed by atoms with Crippen LogP contribution in [0.4, 0.5) is 15.8 Å². The second-order valence-electron chi connectivity index (χ2n) is 7.16. The molecule has 0 saturated heterocycles. The van der Waals surface area contributed by atoms with Gasteiger partial charge >= 0.3 is 0 Å². The van der Waals surface area contributed by atoms with Crippen LogP contribution in [0, 0.1) is 19.7 Å². The van der Waals surface area contributed by atoms with Gasteiger partial charge in [0.05, 0.1) is 17.8 Å². The third-order valence-electron chi connectivity index (χ3n) is 4.94. The first-order chi connectivity index (χ1) is 15.3. The molecule has 0 radical (unpaired) electrons. The Hall–Kier alpha value is -4.34. The quantitative estimate of drug-likeness (QED) is 0.446. The number of H-pyrrole nitrogens is 1. The molecule has 4 rings (SSSR count). The molecule has 9 nitrogen and oxygen atoms in total. The van der Waals surface area contributed by atoms with Crippen LogP contribution in [-0.2, 0) is 11.2 Å². The van der Waals surface area contributed by atoms with Crippen LogP contribution in [-0.4, -0.2) is 31.4 Å². The van der Waals surface area contributed by atoms with Crippen LogP contribution in [0.2, 0.25) is 0 Å². The van der Waals surface area contributed by atoms with Crippen LogP contribution in [0.5, 0.6) is 0 Å². The molecule has 0 aliphatic carbocycles. The highest BCUT2D eigenvalue weighted by Crippen LogP contribution is 2.24. The third kappa shape index (κ3) is 4.24. The second-order valence-corrected chi connectivity index (χ2v) is 7.16. The van der Waals surface area contributed by atoms with Crippen molar-refractivity contribution in [3.8, 4) is 0 Å². The molecule has 0 fully saturated rings. The van der Waals surface area contributed by atoms with Gasteiger partial charge in [0.15, 0.2) is 5.65 Å². The monoisotopic (exact) mass is 434 g/mol. The summed E-state index contributed by atoms with van der Waals surface area (Å²) in [4.78, 5) is 45.1. The summed E-state index contributed by atoms with van der Waals surface area (Å²) >= 11 is 0. The number of benzene rings is 1. The normalized spacial score (nSPS) is 10.8. The molecule has 0 unspecified atom stereocenters. The molecule has 3 heterocycles. The predicted octanol–water partition coefficient (Wildman–Crippen LogP) is 2.61. The zero-order chi connectivity index (χ0) is 22.8. The zero-order valence-electron chi connectivity index (χ0n) is 17.3. The van der Waals surface area contributed by atoms with Crippen molar-refractivity contribution < 1.29 is 14.0 Å². The van der Waals surface area contributed by atoms with E-state index in [-0.39, 0.29) is 29.0 Å². The number of nitrogens with zero attached hydrogens (tertiary/aromatic N) is 3. The van der Waals surface area contributed by atoms with Gasteiger partial charge in [-0.15, -0.1) is 0 Å². The highest BCUT2D eigenvalue weighted by molar-refractivity contribution is 6.06. The number of carbonyl (C=O) groups is 2. The Kier molecular flexibility index (Phi) is 5.50. The first-order valence-corrected chi connectivity index (χ1v) is 9.71. The number of carbonyl (C=O) groups excluding carboxylic acids is 2. The molecule has 0 atom stereocenters. The Bertz CT molecular complexity index is 1390. The fourth-order valence-electron chi connectivity index (χ4n) is 3.38. The first kappa shape index (κ1) is 20.9. The maximum Gasteiger partial charge on any atom is 0.274 e. The lowest BCUT2D eigenvalue weighted by molar-refractivity contribution is -0.115. The standard InChI is InChI=1S/C22H19FN6O3/c1-12-15(13(2)29-19(25-12)11-21(31)28-29)10-20(30)26-18-9-14(23)6-7-16(18)27-22(32)17-5-3-4-8-24-17/h3-9,11H,10H2,1-2H3,(H,26,30)(H,27,32)(H,28,31). The molecule has 3 aromatic heterocycles. The van der Waals surface area contributed by atoms with E-state index >= 15 is 0 Å². The minimum absolute atomic E-state index is 0.0645. The lowest BCUT2D eigenvalue weighted by Gasteiger charge is -2.14. The minimum Gasteiger partial charge on any atom is -0.324 e. The van der Waals surface area contributed by atoms with Crippen molar-refractivity contribution >= 4 is 28.8 Å². The van der Waals surface area contributed by atoms with Gasteiger partial charge < -0.3 is 10.6 Å². The average molecular weight is 434 g/mol. The Labute approximate surface area is 181 Å². The number of rotatable bonds is 5. The molecular formula is C22H19FN6O3. The van der Waals surface area contributed by atoms with E-state index in [0.29, 0.717) is 22.6 Å². The first-order valence-electron chi connectivity index (χ1n) is 9.71. The van der Waals surface area contributed by atoms with Crippen molar-refractivity contribution in [3.05, 3.63) is 87.5 Å². The molecule has 1 aromatic carbocycles. The van der Waals surface area contributed by atoms with E-state index in [1.54, 1.807) is 26.0 Å². The van der Waals surface area contributed by atoms with Crippen molar-refractivity contribution in [1.29, 1.82) is 0 Å². The molecule has 3 N–H and O–H groups in total. The number of aromatic amines is 1. The smallest absolute Gasteiger partial charge is 0.274 e. The van der Waals surface area contributed by atoms with Crippen LogP contribution in [0.3, 0.4) is 0 Å². The Morgan fingerprint density at radius 3 is 2.66 bits per heavy atom. The molecule has 2 amide bonds. The van der Waals surface area contributed by atoms with E-state index in [1.165, 1.54) is 35.0 Å². The Morgan fingerprint density at radius 1 is 1.09 bits per heavy atom. The zero-order valence-corrected chi connectivity index (χ0v) is 17.3. The van der Waals surface area contributed by atoms with Gasteiger partial charge in [-0.3, -0.25) is 24.5 Å². The molecular weight excluding hydrogens is 415 g/mol. The van der Waals surface area contributed by atoms with Gasteiger partial charge in [0.1, 0.15) is 11.5 Å². The van der Waals surface area contributed by atoms with E-state index in [9.17, 15) is 18.8 Å². The Morgan fingerprint density at radius 2 is 1.91 bits per heavy atom. The van der Waals surface area contributed by atoms with Crippen LogP contribution in [0.15, 0.2) is 53.5 Å². The summed E-state index contributed by atoms with van der Waals surface area (Å²) in [6.07, 6.45) is 1.42. The average Bonchev–Trinajstić information content (AvgIpc) is 3.14.